The lowest BCUT2D eigenvalue weighted by Crippen LogP contribution is -2.08. The maximum Gasteiger partial charge on any atom is 0.308 e. The molecule has 0 saturated carbocycles. The Balaban J connectivity index is 2.48. The Hall–Kier alpha value is -2.08. The number of sulfone groups is 1. The number of carbonyl (C=O) groups excluding carboxylic acids is 1. The summed E-state index contributed by atoms with van der Waals surface area (Å²) < 4.78 is 29.6. The Morgan fingerprint density at radius 3 is 2.37 bits per heavy atom. The molecule has 6 heteroatoms. The third kappa shape index (κ3) is 2.68. The van der Waals surface area contributed by atoms with Gasteiger partial charge in [-0.15, -0.1) is 0 Å². The number of benzene rings is 1. The molecule has 1 heterocycles. The third-order valence-electron chi connectivity index (χ3n) is 2.53. The molecule has 0 unspecified atom stereocenters. The molecule has 0 aliphatic carbocycles. The number of H-pyrrole nitrogens is 1. The average Bonchev–Trinajstić information content (AvgIpc) is 2.77. The minimum atomic E-state index is -3.72. The molecule has 0 amide bonds. The first kappa shape index (κ1) is 13.4. The largest absolute Gasteiger partial charge is 0.424 e. The number of hydrogen-bond acceptors (Lipinski definition) is 4. The van der Waals surface area contributed by atoms with Crippen molar-refractivity contribution < 1.29 is 17.9 Å². The Labute approximate surface area is 111 Å². The summed E-state index contributed by atoms with van der Waals surface area (Å²) in [6.45, 7) is 3.09. The molecule has 19 heavy (non-hydrogen) atoms. The van der Waals surface area contributed by atoms with Gasteiger partial charge in [0, 0.05) is 13.1 Å². The summed E-state index contributed by atoms with van der Waals surface area (Å²) >= 11 is 0. The Bertz CT molecular complexity index is 698. The van der Waals surface area contributed by atoms with Crippen molar-refractivity contribution in [3.05, 3.63) is 42.1 Å². The van der Waals surface area contributed by atoms with Gasteiger partial charge in [0.25, 0.3) is 0 Å². The van der Waals surface area contributed by atoms with E-state index in [1.165, 1.54) is 31.3 Å². The third-order valence-corrected chi connectivity index (χ3v) is 4.28. The van der Waals surface area contributed by atoms with Gasteiger partial charge < -0.3 is 9.72 Å². The molecule has 0 saturated heterocycles. The molecule has 100 valence electrons. The lowest BCUT2D eigenvalue weighted by atomic mass is 10.2. The van der Waals surface area contributed by atoms with E-state index in [0.29, 0.717) is 0 Å². The van der Waals surface area contributed by atoms with Crippen molar-refractivity contribution in [1.29, 1.82) is 0 Å². The van der Waals surface area contributed by atoms with Crippen LogP contribution in [-0.2, 0) is 14.6 Å². The monoisotopic (exact) mass is 279 g/mol. The molecule has 5 nitrogen and oxygen atoms in total. The van der Waals surface area contributed by atoms with E-state index in [9.17, 15) is 13.2 Å². The number of ether oxygens (including phenoxy) is 1. The molecule has 0 atom stereocenters. The summed E-state index contributed by atoms with van der Waals surface area (Å²) in [5.41, 5.74) is 0.964. The minimum absolute atomic E-state index is 0.00748. The number of carbonyl (C=O) groups is 1. The zero-order valence-corrected chi connectivity index (χ0v) is 11.3. The van der Waals surface area contributed by atoms with E-state index in [0.717, 1.165) is 5.56 Å². The molecular weight excluding hydrogens is 266 g/mol. The molecule has 0 spiro atoms. The average molecular weight is 279 g/mol. The topological polar surface area (TPSA) is 76.2 Å². The van der Waals surface area contributed by atoms with E-state index in [4.69, 9.17) is 4.74 Å². The van der Waals surface area contributed by atoms with Crippen molar-refractivity contribution in [1.82, 2.24) is 4.98 Å². The summed E-state index contributed by atoms with van der Waals surface area (Å²) in [5, 5.41) is -0.119. The molecule has 1 aromatic carbocycles. The van der Waals surface area contributed by atoms with E-state index >= 15 is 0 Å². The molecule has 0 aliphatic heterocycles. The van der Waals surface area contributed by atoms with Crippen LogP contribution >= 0.6 is 0 Å². The molecule has 2 rings (SSSR count). The molecule has 0 radical (unpaired) electrons. The van der Waals surface area contributed by atoms with Crippen LogP contribution in [0.25, 0.3) is 0 Å². The number of rotatable bonds is 3. The molecular formula is C13H13NO4S. The standard InChI is InChI=1S/C13H13NO4S/c1-9-3-5-11(6-4-9)19(16,17)13-12(7-8-14-13)18-10(2)15/h3-8,14H,1-2H3. The second-order valence-electron chi connectivity index (χ2n) is 4.08. The molecule has 0 fully saturated rings. The summed E-state index contributed by atoms with van der Waals surface area (Å²) in [6.07, 6.45) is 1.42. The van der Waals surface area contributed by atoms with Crippen molar-refractivity contribution in [2.45, 2.75) is 23.8 Å². The fourth-order valence-corrected chi connectivity index (χ4v) is 2.95. The molecule has 0 aliphatic rings. The Morgan fingerprint density at radius 2 is 1.79 bits per heavy atom. The summed E-state index contributed by atoms with van der Waals surface area (Å²) in [5.74, 6) is -0.562. The van der Waals surface area contributed by atoms with Crippen LogP contribution in [0.3, 0.4) is 0 Å². The van der Waals surface area contributed by atoms with Gasteiger partial charge in [0.15, 0.2) is 10.8 Å². The van der Waals surface area contributed by atoms with Crippen LogP contribution in [-0.4, -0.2) is 19.4 Å². The number of aromatic nitrogens is 1. The van der Waals surface area contributed by atoms with Crippen molar-refractivity contribution in [3.8, 4) is 5.75 Å². The molecule has 1 N–H and O–H groups in total. The van der Waals surface area contributed by atoms with Crippen LogP contribution < -0.4 is 4.74 Å². The van der Waals surface area contributed by atoms with Crippen molar-refractivity contribution in [2.75, 3.05) is 0 Å². The van der Waals surface area contributed by atoms with Crippen molar-refractivity contribution in [3.63, 3.8) is 0 Å². The van der Waals surface area contributed by atoms with Gasteiger partial charge in [-0.3, -0.25) is 4.79 Å². The van der Waals surface area contributed by atoms with Gasteiger partial charge in [-0.05, 0) is 25.1 Å². The quantitative estimate of drug-likeness (QED) is 0.873. The highest BCUT2D eigenvalue weighted by Crippen LogP contribution is 2.28. The van der Waals surface area contributed by atoms with Gasteiger partial charge in [-0.1, -0.05) is 17.7 Å². The van der Waals surface area contributed by atoms with E-state index < -0.39 is 15.8 Å². The summed E-state index contributed by atoms with van der Waals surface area (Å²) in [4.78, 5) is 13.7. The Morgan fingerprint density at radius 1 is 1.16 bits per heavy atom. The van der Waals surface area contributed by atoms with E-state index in [1.807, 2.05) is 6.92 Å². The first-order valence-electron chi connectivity index (χ1n) is 5.59. The Kier molecular flexibility index (Phi) is 3.44. The van der Waals surface area contributed by atoms with Crippen LogP contribution in [0.4, 0.5) is 0 Å². The maximum atomic E-state index is 12.4. The number of nitrogens with one attached hydrogen (secondary N) is 1. The van der Waals surface area contributed by atoms with E-state index in [1.54, 1.807) is 12.1 Å². The first-order chi connectivity index (χ1) is 8.91. The fraction of sp³-hybridized carbons (Fsp3) is 0.154. The molecule has 0 bridgehead atoms. The van der Waals surface area contributed by atoms with Crippen LogP contribution in [0, 0.1) is 6.92 Å². The number of aromatic amines is 1. The second-order valence-corrected chi connectivity index (χ2v) is 5.97. The fourth-order valence-electron chi connectivity index (χ4n) is 1.62. The molecule has 1 aromatic heterocycles. The van der Waals surface area contributed by atoms with Crippen LogP contribution in [0.5, 0.6) is 5.75 Å². The lowest BCUT2D eigenvalue weighted by Gasteiger charge is -2.06. The smallest absolute Gasteiger partial charge is 0.308 e. The van der Waals surface area contributed by atoms with Gasteiger partial charge in [-0.2, -0.15) is 0 Å². The zero-order valence-electron chi connectivity index (χ0n) is 10.5. The number of hydrogen-bond donors (Lipinski definition) is 1. The van der Waals surface area contributed by atoms with Crippen molar-refractivity contribution in [2.24, 2.45) is 0 Å². The summed E-state index contributed by atoms with van der Waals surface area (Å²) in [6, 6.07) is 7.86. The normalized spacial score (nSPS) is 11.3. The first-order valence-corrected chi connectivity index (χ1v) is 7.07. The second kappa shape index (κ2) is 4.89. The van der Waals surface area contributed by atoms with Gasteiger partial charge in [0.2, 0.25) is 9.84 Å². The van der Waals surface area contributed by atoms with Gasteiger partial charge in [-0.25, -0.2) is 8.42 Å². The predicted molar refractivity (Wildman–Crippen MR) is 68.7 cm³/mol. The summed E-state index contributed by atoms with van der Waals surface area (Å²) in [7, 11) is -3.72. The SMILES string of the molecule is CC(=O)Oc1cc[nH]c1S(=O)(=O)c1ccc(C)cc1. The highest BCUT2D eigenvalue weighted by atomic mass is 32.2. The number of esters is 1. The highest BCUT2D eigenvalue weighted by Gasteiger charge is 2.24. The lowest BCUT2D eigenvalue weighted by molar-refractivity contribution is -0.132. The zero-order chi connectivity index (χ0) is 14.0. The van der Waals surface area contributed by atoms with Crippen LogP contribution in [0.2, 0.25) is 0 Å². The van der Waals surface area contributed by atoms with Crippen LogP contribution in [0.1, 0.15) is 12.5 Å². The van der Waals surface area contributed by atoms with Gasteiger partial charge in [0.05, 0.1) is 4.90 Å². The van der Waals surface area contributed by atoms with Crippen molar-refractivity contribution >= 4 is 15.8 Å². The van der Waals surface area contributed by atoms with Crippen LogP contribution in [0.15, 0.2) is 46.5 Å². The van der Waals surface area contributed by atoms with Gasteiger partial charge >= 0.3 is 5.97 Å². The molecule has 2 aromatic rings. The van der Waals surface area contributed by atoms with E-state index in [2.05, 4.69) is 4.98 Å². The van der Waals surface area contributed by atoms with Gasteiger partial charge in [0.1, 0.15) is 0 Å². The maximum absolute atomic E-state index is 12.4. The minimum Gasteiger partial charge on any atom is -0.424 e. The van der Waals surface area contributed by atoms with E-state index in [-0.39, 0.29) is 15.7 Å². The predicted octanol–water partition coefficient (Wildman–Crippen LogP) is 2.08. The highest BCUT2D eigenvalue weighted by molar-refractivity contribution is 7.91. The number of aryl methyl sites for hydroxylation is 1.